The van der Waals surface area contributed by atoms with Gasteiger partial charge in [-0.2, -0.15) is 0 Å². The summed E-state index contributed by atoms with van der Waals surface area (Å²) in [6.07, 6.45) is 1.65. The van der Waals surface area contributed by atoms with E-state index < -0.39 is 0 Å². The maximum atomic E-state index is 12.1. The average molecular weight is 334 g/mol. The molecule has 2 aromatic rings. The number of rotatable bonds is 4. The Balaban J connectivity index is 2.06. The van der Waals surface area contributed by atoms with Gasteiger partial charge in [-0.15, -0.1) is 0 Å². The van der Waals surface area contributed by atoms with Gasteiger partial charge in [-0.3, -0.25) is 4.79 Å². The van der Waals surface area contributed by atoms with Crippen LogP contribution in [0, 0.1) is 0 Å². The summed E-state index contributed by atoms with van der Waals surface area (Å²) < 4.78 is 0. The number of alkyl halides is 1. The summed E-state index contributed by atoms with van der Waals surface area (Å²) in [6.45, 7) is 0. The van der Waals surface area contributed by atoms with E-state index in [2.05, 4.69) is 26.2 Å². The van der Waals surface area contributed by atoms with E-state index in [1.54, 1.807) is 6.20 Å². The zero-order valence-electron chi connectivity index (χ0n) is 11.4. The van der Waals surface area contributed by atoms with E-state index in [9.17, 15) is 4.79 Å². The molecule has 0 radical (unpaired) electrons. The third-order valence-electron chi connectivity index (χ3n) is 2.83. The molecule has 1 aromatic heterocycles. The topological polar surface area (TPSA) is 45.2 Å². The van der Waals surface area contributed by atoms with Crippen molar-refractivity contribution in [1.82, 2.24) is 4.98 Å². The Bertz CT molecular complexity index is 579. The molecule has 0 spiro atoms. The van der Waals surface area contributed by atoms with Crippen molar-refractivity contribution in [3.05, 3.63) is 53.7 Å². The molecule has 0 fully saturated rings. The number of hydrogen-bond donors (Lipinski definition) is 1. The normalized spacial score (nSPS) is 10.2. The van der Waals surface area contributed by atoms with Gasteiger partial charge in [0.2, 0.25) is 0 Å². The van der Waals surface area contributed by atoms with Crippen molar-refractivity contribution in [2.75, 3.05) is 24.3 Å². The summed E-state index contributed by atoms with van der Waals surface area (Å²) in [6, 6.07) is 11.2. The van der Waals surface area contributed by atoms with E-state index >= 15 is 0 Å². The number of nitrogens with zero attached hydrogens (tertiary/aromatic N) is 2. The van der Waals surface area contributed by atoms with Crippen molar-refractivity contribution in [1.29, 1.82) is 0 Å². The fourth-order valence-corrected chi connectivity index (χ4v) is 2.05. The lowest BCUT2D eigenvalue weighted by Gasteiger charge is -2.11. The molecule has 20 heavy (non-hydrogen) atoms. The first-order valence-electron chi connectivity index (χ1n) is 6.20. The monoisotopic (exact) mass is 333 g/mol. The van der Waals surface area contributed by atoms with E-state index in [0.717, 1.165) is 16.7 Å². The van der Waals surface area contributed by atoms with Crippen LogP contribution in [0.25, 0.3) is 0 Å². The summed E-state index contributed by atoms with van der Waals surface area (Å²) in [5.41, 5.74) is 2.45. The van der Waals surface area contributed by atoms with Gasteiger partial charge < -0.3 is 10.2 Å². The number of pyridine rings is 1. The van der Waals surface area contributed by atoms with Crippen LogP contribution in [0.5, 0.6) is 0 Å². The highest BCUT2D eigenvalue weighted by Crippen LogP contribution is 2.14. The summed E-state index contributed by atoms with van der Waals surface area (Å²) in [7, 11) is 3.85. The van der Waals surface area contributed by atoms with Gasteiger partial charge in [-0.25, -0.2) is 4.98 Å². The van der Waals surface area contributed by atoms with Crippen molar-refractivity contribution in [3.63, 3.8) is 0 Å². The van der Waals surface area contributed by atoms with Gasteiger partial charge in [-0.05, 0) is 29.8 Å². The summed E-state index contributed by atoms with van der Waals surface area (Å²) in [4.78, 5) is 18.2. The average Bonchev–Trinajstić information content (AvgIpc) is 2.48. The van der Waals surface area contributed by atoms with E-state index in [4.69, 9.17) is 0 Å². The highest BCUT2D eigenvalue weighted by Gasteiger charge is 2.06. The third kappa shape index (κ3) is 3.57. The Kier molecular flexibility index (Phi) is 4.74. The van der Waals surface area contributed by atoms with Gasteiger partial charge in [0.15, 0.2) is 0 Å². The first kappa shape index (κ1) is 14.5. The van der Waals surface area contributed by atoms with Gasteiger partial charge in [0.25, 0.3) is 5.91 Å². The van der Waals surface area contributed by atoms with Crippen LogP contribution in [0.3, 0.4) is 0 Å². The van der Waals surface area contributed by atoms with Crippen LogP contribution >= 0.6 is 15.9 Å². The Morgan fingerprint density at radius 2 is 1.90 bits per heavy atom. The van der Waals surface area contributed by atoms with Gasteiger partial charge in [0, 0.05) is 25.0 Å². The standard InChI is InChI=1S/C15H16BrN3O/c1-19(2)14-8-7-13(10-17-14)18-15(20)12-5-3-11(9-16)4-6-12/h3-8,10H,9H2,1-2H3,(H,18,20). The van der Waals surface area contributed by atoms with Crippen LogP contribution in [0.4, 0.5) is 11.5 Å². The molecule has 1 heterocycles. The lowest BCUT2D eigenvalue weighted by molar-refractivity contribution is 0.102. The number of carbonyl (C=O) groups is 1. The summed E-state index contributed by atoms with van der Waals surface area (Å²) in [5.74, 6) is 0.718. The fourth-order valence-electron chi connectivity index (χ4n) is 1.67. The molecule has 0 saturated carbocycles. The second kappa shape index (κ2) is 6.52. The minimum absolute atomic E-state index is 0.134. The predicted molar refractivity (Wildman–Crippen MR) is 85.6 cm³/mol. The molecule has 0 atom stereocenters. The fraction of sp³-hybridized carbons (Fsp3) is 0.200. The molecule has 0 saturated heterocycles. The minimum Gasteiger partial charge on any atom is -0.363 e. The van der Waals surface area contributed by atoms with Crippen molar-refractivity contribution >= 4 is 33.3 Å². The zero-order chi connectivity index (χ0) is 14.5. The summed E-state index contributed by atoms with van der Waals surface area (Å²) in [5, 5.41) is 3.61. The Labute approximate surface area is 127 Å². The number of halogens is 1. The highest BCUT2D eigenvalue weighted by atomic mass is 79.9. The molecule has 4 nitrogen and oxygen atoms in total. The van der Waals surface area contributed by atoms with Crippen LogP contribution in [0.15, 0.2) is 42.6 Å². The molecule has 5 heteroatoms. The number of nitrogens with one attached hydrogen (secondary N) is 1. The molecule has 104 valence electrons. The Hall–Kier alpha value is -1.88. The molecule has 0 aliphatic rings. The minimum atomic E-state index is -0.134. The Morgan fingerprint density at radius 1 is 1.20 bits per heavy atom. The molecule has 1 amide bonds. The smallest absolute Gasteiger partial charge is 0.255 e. The molecule has 0 aliphatic heterocycles. The van der Waals surface area contributed by atoms with Crippen LogP contribution in [0.2, 0.25) is 0 Å². The van der Waals surface area contributed by atoms with Crippen LogP contribution in [-0.2, 0) is 5.33 Å². The first-order valence-corrected chi connectivity index (χ1v) is 7.32. The van der Waals surface area contributed by atoms with E-state index in [0.29, 0.717) is 11.3 Å². The maximum absolute atomic E-state index is 12.1. The second-order valence-corrected chi connectivity index (χ2v) is 5.14. The quantitative estimate of drug-likeness (QED) is 0.873. The molecule has 1 aromatic carbocycles. The summed E-state index contributed by atoms with van der Waals surface area (Å²) >= 11 is 3.38. The number of anilines is 2. The van der Waals surface area contributed by atoms with Gasteiger partial charge in [0.1, 0.15) is 5.82 Å². The SMILES string of the molecule is CN(C)c1ccc(NC(=O)c2ccc(CBr)cc2)cn1. The Morgan fingerprint density at radius 3 is 2.40 bits per heavy atom. The second-order valence-electron chi connectivity index (χ2n) is 4.58. The van der Waals surface area contributed by atoms with Gasteiger partial charge in [-0.1, -0.05) is 28.1 Å². The third-order valence-corrected chi connectivity index (χ3v) is 3.48. The van der Waals surface area contributed by atoms with E-state index in [1.165, 1.54) is 0 Å². The molecular formula is C15H16BrN3O. The number of carbonyl (C=O) groups excluding carboxylic acids is 1. The maximum Gasteiger partial charge on any atom is 0.255 e. The number of hydrogen-bond acceptors (Lipinski definition) is 3. The van der Waals surface area contributed by atoms with Crippen molar-refractivity contribution in [2.45, 2.75) is 5.33 Å². The van der Waals surface area contributed by atoms with Crippen LogP contribution < -0.4 is 10.2 Å². The predicted octanol–water partition coefficient (Wildman–Crippen LogP) is 3.29. The number of benzene rings is 1. The number of aromatic nitrogens is 1. The van der Waals surface area contributed by atoms with Crippen molar-refractivity contribution < 1.29 is 4.79 Å². The van der Waals surface area contributed by atoms with Crippen molar-refractivity contribution in [2.24, 2.45) is 0 Å². The zero-order valence-corrected chi connectivity index (χ0v) is 13.0. The first-order chi connectivity index (χ1) is 9.60. The van der Waals surface area contributed by atoms with Crippen LogP contribution in [0.1, 0.15) is 15.9 Å². The molecule has 0 aliphatic carbocycles. The molecular weight excluding hydrogens is 318 g/mol. The molecule has 0 unspecified atom stereocenters. The van der Waals surface area contributed by atoms with Gasteiger partial charge >= 0.3 is 0 Å². The number of amides is 1. The van der Waals surface area contributed by atoms with E-state index in [-0.39, 0.29) is 5.91 Å². The lowest BCUT2D eigenvalue weighted by atomic mass is 10.1. The van der Waals surface area contributed by atoms with E-state index in [1.807, 2.05) is 55.4 Å². The lowest BCUT2D eigenvalue weighted by Crippen LogP contribution is -2.13. The highest BCUT2D eigenvalue weighted by molar-refractivity contribution is 9.08. The molecule has 0 bridgehead atoms. The van der Waals surface area contributed by atoms with Crippen molar-refractivity contribution in [3.8, 4) is 0 Å². The largest absolute Gasteiger partial charge is 0.363 e. The molecule has 1 N–H and O–H groups in total. The van der Waals surface area contributed by atoms with Gasteiger partial charge in [0.05, 0.1) is 11.9 Å². The molecule has 2 rings (SSSR count). The van der Waals surface area contributed by atoms with Crippen LogP contribution in [-0.4, -0.2) is 25.0 Å².